The molecule has 1 N–H and O–H groups in total. The van der Waals surface area contributed by atoms with Gasteiger partial charge in [-0.25, -0.2) is 0 Å². The zero-order valence-electron chi connectivity index (χ0n) is 14.0. The molecule has 0 fully saturated rings. The number of benzene rings is 3. The van der Waals surface area contributed by atoms with Crippen LogP contribution in [0, 0.1) is 0 Å². The van der Waals surface area contributed by atoms with Crippen molar-refractivity contribution in [2.45, 2.75) is 0 Å². The lowest BCUT2D eigenvalue weighted by Gasteiger charge is -2.05. The van der Waals surface area contributed by atoms with E-state index < -0.39 is 0 Å². The third kappa shape index (κ3) is 3.54. The second kappa shape index (κ2) is 7.49. The van der Waals surface area contributed by atoms with Gasteiger partial charge in [0.2, 0.25) is 0 Å². The summed E-state index contributed by atoms with van der Waals surface area (Å²) in [4.78, 5) is 0. The maximum Gasteiger partial charge on any atom is 0.167 e. The zero-order valence-corrected chi connectivity index (χ0v) is 14.0. The number of hydrazone groups is 1. The summed E-state index contributed by atoms with van der Waals surface area (Å²) in [5.41, 5.74) is 7.35. The average molecular weight is 339 g/mol. The first-order valence-electron chi connectivity index (χ1n) is 8.37. The quantitative estimate of drug-likeness (QED) is 0.401. The first-order chi connectivity index (χ1) is 12.9. The van der Waals surface area contributed by atoms with Crippen LogP contribution in [0.3, 0.4) is 0 Å². The van der Waals surface area contributed by atoms with Gasteiger partial charge in [-0.1, -0.05) is 84.0 Å². The highest BCUT2D eigenvalue weighted by atomic mass is 16.5. The Bertz CT molecular complexity index is 993. The number of nitrogens with one attached hydrogen (secondary N) is 1. The van der Waals surface area contributed by atoms with Crippen molar-refractivity contribution in [3.8, 4) is 11.3 Å². The van der Waals surface area contributed by atoms with E-state index in [0.717, 1.165) is 22.5 Å². The van der Waals surface area contributed by atoms with Crippen LogP contribution in [0.1, 0.15) is 11.3 Å². The number of rotatable bonds is 5. The van der Waals surface area contributed by atoms with Crippen LogP contribution in [0.25, 0.3) is 11.3 Å². The topological polar surface area (TPSA) is 50.4 Å². The Hall–Kier alpha value is -3.66. The summed E-state index contributed by atoms with van der Waals surface area (Å²) in [6.07, 6.45) is 0. The van der Waals surface area contributed by atoms with Gasteiger partial charge in [0.1, 0.15) is 11.4 Å². The number of hydrogen-bond acceptors (Lipinski definition) is 4. The molecule has 26 heavy (non-hydrogen) atoms. The van der Waals surface area contributed by atoms with Gasteiger partial charge in [0.25, 0.3) is 0 Å². The molecule has 4 heteroatoms. The van der Waals surface area contributed by atoms with Crippen molar-refractivity contribution in [1.82, 2.24) is 5.16 Å². The zero-order chi connectivity index (χ0) is 17.6. The van der Waals surface area contributed by atoms with E-state index in [1.807, 2.05) is 97.1 Å². The minimum absolute atomic E-state index is 0.679. The molecule has 0 spiro atoms. The first-order valence-corrected chi connectivity index (χ1v) is 8.37. The SMILES string of the molecule is c1ccc(N/N=C(\c2ccccc2)c2cc(-c3ccccc3)on2)cc1. The van der Waals surface area contributed by atoms with E-state index >= 15 is 0 Å². The number of nitrogens with zero attached hydrogens (tertiary/aromatic N) is 2. The Labute approximate surface area is 151 Å². The summed E-state index contributed by atoms with van der Waals surface area (Å²) in [5, 5.41) is 8.82. The van der Waals surface area contributed by atoms with Gasteiger partial charge in [-0.05, 0) is 12.1 Å². The summed E-state index contributed by atoms with van der Waals surface area (Å²) in [6.45, 7) is 0. The first kappa shape index (κ1) is 15.8. The minimum atomic E-state index is 0.679. The van der Waals surface area contributed by atoms with E-state index in [0.29, 0.717) is 11.5 Å². The van der Waals surface area contributed by atoms with Crippen molar-refractivity contribution in [1.29, 1.82) is 0 Å². The molecule has 0 bridgehead atoms. The Morgan fingerprint density at radius 3 is 2.08 bits per heavy atom. The van der Waals surface area contributed by atoms with Crippen LogP contribution in [-0.4, -0.2) is 10.9 Å². The monoisotopic (exact) mass is 339 g/mol. The molecule has 0 saturated carbocycles. The van der Waals surface area contributed by atoms with Gasteiger partial charge >= 0.3 is 0 Å². The van der Waals surface area contributed by atoms with Crippen molar-refractivity contribution < 1.29 is 4.52 Å². The van der Waals surface area contributed by atoms with Gasteiger partial charge in [0.05, 0.1) is 5.69 Å². The third-order valence-electron chi connectivity index (χ3n) is 3.93. The van der Waals surface area contributed by atoms with Crippen LogP contribution in [0.2, 0.25) is 0 Å². The molecule has 0 aliphatic carbocycles. The van der Waals surface area contributed by atoms with Gasteiger partial charge in [-0.3, -0.25) is 5.43 Å². The van der Waals surface area contributed by atoms with Crippen LogP contribution >= 0.6 is 0 Å². The average Bonchev–Trinajstić information content (AvgIpc) is 3.20. The minimum Gasteiger partial charge on any atom is -0.356 e. The van der Waals surface area contributed by atoms with Crippen LogP contribution in [0.4, 0.5) is 5.69 Å². The summed E-state index contributed by atoms with van der Waals surface area (Å²) >= 11 is 0. The molecule has 1 aromatic heterocycles. The number of anilines is 1. The fourth-order valence-corrected chi connectivity index (χ4v) is 2.62. The Balaban J connectivity index is 1.71. The fourth-order valence-electron chi connectivity index (χ4n) is 2.62. The molecular formula is C22H17N3O. The lowest BCUT2D eigenvalue weighted by Crippen LogP contribution is -2.06. The second-order valence-electron chi connectivity index (χ2n) is 5.75. The molecule has 4 aromatic rings. The van der Waals surface area contributed by atoms with Crippen molar-refractivity contribution in [3.05, 3.63) is 108 Å². The molecule has 1 heterocycles. The highest BCUT2D eigenvalue weighted by molar-refractivity contribution is 6.12. The lowest BCUT2D eigenvalue weighted by atomic mass is 10.1. The van der Waals surface area contributed by atoms with Crippen molar-refractivity contribution in [2.75, 3.05) is 5.43 Å². The van der Waals surface area contributed by atoms with Crippen LogP contribution < -0.4 is 5.43 Å². The third-order valence-corrected chi connectivity index (χ3v) is 3.93. The van der Waals surface area contributed by atoms with E-state index in [2.05, 4.69) is 15.7 Å². The predicted molar refractivity (Wildman–Crippen MR) is 104 cm³/mol. The molecule has 3 aromatic carbocycles. The Kier molecular flexibility index (Phi) is 4.56. The van der Waals surface area contributed by atoms with E-state index in [4.69, 9.17) is 4.52 Å². The normalized spacial score (nSPS) is 11.3. The van der Waals surface area contributed by atoms with E-state index in [-0.39, 0.29) is 0 Å². The summed E-state index contributed by atoms with van der Waals surface area (Å²) in [6, 6.07) is 31.6. The van der Waals surface area contributed by atoms with Gasteiger partial charge < -0.3 is 4.52 Å². The molecule has 0 aliphatic rings. The molecule has 0 radical (unpaired) electrons. The Morgan fingerprint density at radius 2 is 1.38 bits per heavy atom. The molecule has 0 saturated heterocycles. The number of hydrogen-bond donors (Lipinski definition) is 1. The fraction of sp³-hybridized carbons (Fsp3) is 0. The summed E-state index contributed by atoms with van der Waals surface area (Å²) < 4.78 is 5.55. The van der Waals surface area contributed by atoms with Crippen LogP contribution in [-0.2, 0) is 0 Å². The molecule has 4 nitrogen and oxygen atoms in total. The van der Waals surface area contributed by atoms with E-state index in [1.54, 1.807) is 0 Å². The van der Waals surface area contributed by atoms with Gasteiger partial charge in [-0.15, -0.1) is 0 Å². The standard InChI is InChI=1S/C22H17N3O/c1-4-10-17(11-5-1)21-16-20(25-26-21)22(18-12-6-2-7-13-18)24-23-19-14-8-3-9-15-19/h1-16,23H/b24-22+. The van der Waals surface area contributed by atoms with Crippen LogP contribution in [0.15, 0.2) is 107 Å². The van der Waals surface area contributed by atoms with Gasteiger partial charge in [0, 0.05) is 17.2 Å². The van der Waals surface area contributed by atoms with Crippen molar-refractivity contribution in [2.24, 2.45) is 5.10 Å². The second-order valence-corrected chi connectivity index (χ2v) is 5.75. The highest BCUT2D eigenvalue weighted by Gasteiger charge is 2.14. The molecular weight excluding hydrogens is 322 g/mol. The van der Waals surface area contributed by atoms with Gasteiger partial charge in [0.15, 0.2) is 5.76 Å². The molecule has 4 rings (SSSR count). The maximum absolute atomic E-state index is 5.55. The van der Waals surface area contributed by atoms with Gasteiger partial charge in [-0.2, -0.15) is 5.10 Å². The predicted octanol–water partition coefficient (Wildman–Crippen LogP) is 5.21. The van der Waals surface area contributed by atoms with Crippen molar-refractivity contribution >= 4 is 11.4 Å². The summed E-state index contributed by atoms with van der Waals surface area (Å²) in [7, 11) is 0. The highest BCUT2D eigenvalue weighted by Crippen LogP contribution is 2.21. The molecule has 0 unspecified atom stereocenters. The summed E-state index contributed by atoms with van der Waals surface area (Å²) in [5.74, 6) is 0.712. The number of para-hydroxylation sites is 1. The molecule has 0 amide bonds. The van der Waals surface area contributed by atoms with Crippen molar-refractivity contribution in [3.63, 3.8) is 0 Å². The molecule has 0 atom stereocenters. The van der Waals surface area contributed by atoms with Crippen LogP contribution in [0.5, 0.6) is 0 Å². The largest absolute Gasteiger partial charge is 0.356 e. The smallest absolute Gasteiger partial charge is 0.167 e. The van der Waals surface area contributed by atoms with E-state index in [9.17, 15) is 0 Å². The molecule has 126 valence electrons. The van der Waals surface area contributed by atoms with E-state index in [1.165, 1.54) is 0 Å². The maximum atomic E-state index is 5.55. The molecule has 0 aliphatic heterocycles. The number of aromatic nitrogens is 1. The lowest BCUT2D eigenvalue weighted by molar-refractivity contribution is 0.431. The Morgan fingerprint density at radius 1 is 0.769 bits per heavy atom.